The molecule has 1 aromatic rings. The quantitative estimate of drug-likeness (QED) is 0.686. The van der Waals surface area contributed by atoms with Crippen molar-refractivity contribution >= 4 is 31.9 Å². The second kappa shape index (κ2) is 9.09. The van der Waals surface area contributed by atoms with Gasteiger partial charge in [-0.2, -0.15) is 0 Å². The molecule has 0 radical (unpaired) electrons. The van der Waals surface area contributed by atoms with E-state index in [1.54, 1.807) is 0 Å². The Morgan fingerprint density at radius 2 is 1.76 bits per heavy atom. The molecule has 0 bridgehead atoms. The summed E-state index contributed by atoms with van der Waals surface area (Å²) in [7, 11) is 0. The van der Waals surface area contributed by atoms with Gasteiger partial charge in [0.05, 0.1) is 0 Å². The highest BCUT2D eigenvalue weighted by molar-refractivity contribution is 9.13. The third kappa shape index (κ3) is 6.55. The first-order chi connectivity index (χ1) is 8.24. The zero-order chi connectivity index (χ0) is 12.5. The Balaban J connectivity index is 2.11. The molecule has 0 unspecified atom stereocenters. The van der Waals surface area contributed by atoms with Crippen LogP contribution in [0.3, 0.4) is 0 Å². The Labute approximate surface area is 120 Å². The smallest absolute Gasteiger partial charge is 0.0431 e. The van der Waals surface area contributed by atoms with Gasteiger partial charge in [-0.05, 0) is 68.9 Å². The van der Waals surface area contributed by atoms with E-state index < -0.39 is 0 Å². The molecule has 0 amide bonds. The number of rotatable bonds is 8. The van der Waals surface area contributed by atoms with E-state index >= 15 is 0 Å². The fraction of sp³-hybridized carbons (Fsp3) is 0.538. The maximum Gasteiger partial charge on any atom is 0.0431 e. The zero-order valence-electron chi connectivity index (χ0n) is 9.88. The van der Waals surface area contributed by atoms with Gasteiger partial charge in [0.25, 0.3) is 0 Å². The van der Waals surface area contributed by atoms with Crippen molar-refractivity contribution in [1.82, 2.24) is 5.32 Å². The highest BCUT2D eigenvalue weighted by Crippen LogP contribution is 2.23. The van der Waals surface area contributed by atoms with E-state index in [0.29, 0.717) is 6.61 Å². The lowest BCUT2D eigenvalue weighted by Crippen LogP contribution is -2.14. The topological polar surface area (TPSA) is 32.3 Å². The molecule has 0 spiro atoms. The summed E-state index contributed by atoms with van der Waals surface area (Å²) in [6.45, 7) is 2.27. The minimum Gasteiger partial charge on any atom is -0.396 e. The monoisotopic (exact) mass is 363 g/mol. The van der Waals surface area contributed by atoms with E-state index in [9.17, 15) is 0 Å². The van der Waals surface area contributed by atoms with Crippen LogP contribution >= 0.6 is 31.9 Å². The molecule has 0 fully saturated rings. The molecule has 0 aliphatic carbocycles. The lowest BCUT2D eigenvalue weighted by Gasteiger charge is -2.06. The number of hydrogen-bond donors (Lipinski definition) is 2. The average molecular weight is 365 g/mol. The third-order valence-electron chi connectivity index (χ3n) is 2.57. The van der Waals surface area contributed by atoms with Crippen LogP contribution in [0, 0.1) is 0 Å². The predicted molar refractivity (Wildman–Crippen MR) is 79.1 cm³/mol. The van der Waals surface area contributed by atoms with Crippen LogP contribution in [0.4, 0.5) is 0 Å². The second-order valence-corrected chi connectivity index (χ2v) is 5.77. The molecule has 0 saturated carbocycles. The number of benzene rings is 1. The van der Waals surface area contributed by atoms with E-state index in [1.165, 1.54) is 18.4 Å². The van der Waals surface area contributed by atoms with Crippen molar-refractivity contribution in [2.24, 2.45) is 0 Å². The van der Waals surface area contributed by atoms with E-state index in [-0.39, 0.29) is 0 Å². The lowest BCUT2D eigenvalue weighted by atomic mass is 10.2. The van der Waals surface area contributed by atoms with E-state index in [2.05, 4.69) is 55.4 Å². The first-order valence-electron chi connectivity index (χ1n) is 5.99. The van der Waals surface area contributed by atoms with Crippen LogP contribution in [-0.2, 0) is 6.54 Å². The number of hydrogen-bond acceptors (Lipinski definition) is 2. The van der Waals surface area contributed by atoms with Gasteiger partial charge in [-0.1, -0.05) is 18.9 Å². The van der Waals surface area contributed by atoms with Crippen LogP contribution in [0.25, 0.3) is 0 Å². The minimum atomic E-state index is 0.320. The van der Waals surface area contributed by atoms with Gasteiger partial charge in [0.2, 0.25) is 0 Å². The molecule has 0 aromatic heterocycles. The summed E-state index contributed by atoms with van der Waals surface area (Å²) in [6, 6.07) is 6.30. The summed E-state index contributed by atoms with van der Waals surface area (Å²) in [5, 5.41) is 12.1. The van der Waals surface area contributed by atoms with Gasteiger partial charge in [0.1, 0.15) is 0 Å². The Hall–Kier alpha value is 0.1000. The van der Waals surface area contributed by atoms with Crippen LogP contribution in [0.1, 0.15) is 31.2 Å². The summed E-state index contributed by atoms with van der Waals surface area (Å²) in [5.41, 5.74) is 1.29. The van der Waals surface area contributed by atoms with Crippen molar-refractivity contribution < 1.29 is 5.11 Å². The molecular weight excluding hydrogens is 346 g/mol. The van der Waals surface area contributed by atoms with Crippen LogP contribution in [0.5, 0.6) is 0 Å². The summed E-state index contributed by atoms with van der Waals surface area (Å²) >= 11 is 6.96. The highest BCUT2D eigenvalue weighted by atomic mass is 79.9. The van der Waals surface area contributed by atoms with E-state index in [1.807, 2.05) is 0 Å². The normalized spacial score (nSPS) is 10.8. The molecule has 0 heterocycles. The SMILES string of the molecule is OCCCCCCNCc1ccc(Br)c(Br)c1. The fourth-order valence-corrected chi connectivity index (χ4v) is 2.27. The maximum atomic E-state index is 8.64. The number of aliphatic hydroxyl groups is 1. The van der Waals surface area contributed by atoms with Gasteiger partial charge in [0.15, 0.2) is 0 Å². The molecule has 4 heteroatoms. The number of unbranched alkanes of at least 4 members (excludes halogenated alkanes) is 3. The maximum absolute atomic E-state index is 8.64. The van der Waals surface area contributed by atoms with Gasteiger partial charge in [-0.15, -0.1) is 0 Å². The van der Waals surface area contributed by atoms with Crippen molar-refractivity contribution in [3.63, 3.8) is 0 Å². The highest BCUT2D eigenvalue weighted by Gasteiger charge is 1.98. The Morgan fingerprint density at radius 1 is 1.00 bits per heavy atom. The number of halogens is 2. The van der Waals surface area contributed by atoms with Crippen LogP contribution in [-0.4, -0.2) is 18.3 Å². The minimum absolute atomic E-state index is 0.320. The molecule has 2 N–H and O–H groups in total. The predicted octanol–water partition coefficient (Wildman–Crippen LogP) is 3.85. The first kappa shape index (κ1) is 15.2. The fourth-order valence-electron chi connectivity index (χ4n) is 1.60. The zero-order valence-corrected chi connectivity index (χ0v) is 13.1. The number of aliphatic hydroxyl groups excluding tert-OH is 1. The van der Waals surface area contributed by atoms with Crippen LogP contribution in [0.15, 0.2) is 27.1 Å². The van der Waals surface area contributed by atoms with Crippen LogP contribution in [0.2, 0.25) is 0 Å². The van der Waals surface area contributed by atoms with Gasteiger partial charge in [-0.3, -0.25) is 0 Å². The van der Waals surface area contributed by atoms with E-state index in [4.69, 9.17) is 5.11 Å². The molecule has 1 aromatic carbocycles. The van der Waals surface area contributed by atoms with Gasteiger partial charge in [-0.25, -0.2) is 0 Å². The third-order valence-corrected chi connectivity index (χ3v) is 4.45. The van der Waals surface area contributed by atoms with Crippen molar-refractivity contribution in [3.05, 3.63) is 32.7 Å². The Morgan fingerprint density at radius 3 is 2.47 bits per heavy atom. The van der Waals surface area contributed by atoms with Gasteiger partial charge < -0.3 is 10.4 Å². The van der Waals surface area contributed by atoms with Crippen LogP contribution < -0.4 is 5.32 Å². The van der Waals surface area contributed by atoms with Gasteiger partial charge in [0, 0.05) is 22.1 Å². The molecule has 0 aliphatic rings. The largest absolute Gasteiger partial charge is 0.396 e. The molecule has 1 rings (SSSR count). The summed E-state index contributed by atoms with van der Waals surface area (Å²) in [5.74, 6) is 0. The average Bonchev–Trinajstić information content (AvgIpc) is 2.32. The number of nitrogens with one attached hydrogen (secondary N) is 1. The van der Waals surface area contributed by atoms with Crippen molar-refractivity contribution in [3.8, 4) is 0 Å². The molecule has 96 valence electrons. The first-order valence-corrected chi connectivity index (χ1v) is 7.58. The van der Waals surface area contributed by atoms with Crippen molar-refractivity contribution in [1.29, 1.82) is 0 Å². The van der Waals surface area contributed by atoms with Crippen molar-refractivity contribution in [2.45, 2.75) is 32.2 Å². The standard InChI is InChI=1S/C13H19Br2NO/c14-12-6-5-11(9-13(12)15)10-16-7-3-1-2-4-8-17/h5-6,9,16-17H,1-4,7-8,10H2. The molecule has 0 saturated heterocycles. The van der Waals surface area contributed by atoms with Crippen molar-refractivity contribution in [2.75, 3.05) is 13.2 Å². The van der Waals surface area contributed by atoms with E-state index in [0.717, 1.165) is 34.9 Å². The molecule has 17 heavy (non-hydrogen) atoms. The molecule has 0 aliphatic heterocycles. The Bertz CT molecular complexity index is 331. The summed E-state index contributed by atoms with van der Waals surface area (Å²) < 4.78 is 2.19. The molecule has 0 atom stereocenters. The lowest BCUT2D eigenvalue weighted by molar-refractivity contribution is 0.282. The molecular formula is C13H19Br2NO. The Kier molecular flexibility index (Phi) is 8.10. The second-order valence-electron chi connectivity index (χ2n) is 4.06. The summed E-state index contributed by atoms with van der Waals surface area (Å²) in [6.07, 6.45) is 4.43. The van der Waals surface area contributed by atoms with Gasteiger partial charge >= 0.3 is 0 Å². The molecule has 2 nitrogen and oxygen atoms in total. The summed E-state index contributed by atoms with van der Waals surface area (Å²) in [4.78, 5) is 0.